The first-order valence-electron chi connectivity index (χ1n) is 8.93. The van der Waals surface area contributed by atoms with Crippen molar-refractivity contribution in [2.45, 2.75) is 6.04 Å². The number of benzene rings is 2. The minimum absolute atomic E-state index is 0.427. The number of rotatable bonds is 5. The Balaban J connectivity index is 1.73. The molecule has 1 amide bonds. The van der Waals surface area contributed by atoms with Crippen LogP contribution in [0.4, 0.5) is 10.5 Å². The summed E-state index contributed by atoms with van der Waals surface area (Å²) in [4.78, 5) is 15.4. The van der Waals surface area contributed by atoms with Gasteiger partial charge in [0, 0.05) is 31.0 Å². The number of nitrogens with zero attached hydrogens (tertiary/aromatic N) is 3. The van der Waals surface area contributed by atoms with Gasteiger partial charge in [0.15, 0.2) is 0 Å². The average molecular weight is 372 g/mol. The topological polar surface area (TPSA) is 70.4 Å². The summed E-state index contributed by atoms with van der Waals surface area (Å²) in [5, 5.41) is 15.0. The van der Waals surface area contributed by atoms with Gasteiger partial charge in [0.05, 0.1) is 17.2 Å². The first kappa shape index (κ1) is 17.6. The molecule has 0 spiro atoms. The second-order valence-corrected chi connectivity index (χ2v) is 6.50. The van der Waals surface area contributed by atoms with Gasteiger partial charge < -0.3 is 10.4 Å². The third-order valence-electron chi connectivity index (χ3n) is 4.79. The summed E-state index contributed by atoms with van der Waals surface area (Å²) in [7, 11) is 1.99. The van der Waals surface area contributed by atoms with Crippen LogP contribution in [-0.4, -0.2) is 27.9 Å². The minimum Gasteiger partial charge on any atom is -0.465 e. The molecular weight excluding hydrogens is 352 g/mol. The van der Waals surface area contributed by atoms with Gasteiger partial charge in [-0.15, -0.1) is 0 Å². The fourth-order valence-corrected chi connectivity index (χ4v) is 3.40. The van der Waals surface area contributed by atoms with E-state index in [1.54, 1.807) is 12.4 Å². The van der Waals surface area contributed by atoms with Crippen LogP contribution in [0.15, 0.2) is 85.3 Å². The van der Waals surface area contributed by atoms with Crippen LogP contribution in [0.2, 0.25) is 0 Å². The van der Waals surface area contributed by atoms with E-state index in [-0.39, 0.29) is 0 Å². The Morgan fingerprint density at radius 2 is 1.79 bits per heavy atom. The van der Waals surface area contributed by atoms with Crippen LogP contribution in [0.3, 0.4) is 0 Å². The summed E-state index contributed by atoms with van der Waals surface area (Å²) in [5.74, 6) is 0. The van der Waals surface area contributed by atoms with Crippen LogP contribution in [0.5, 0.6) is 0 Å². The fraction of sp³-hybridized carbons (Fsp3) is 0.0909. The summed E-state index contributed by atoms with van der Waals surface area (Å²) in [6, 6.07) is 21.1. The first-order valence-corrected chi connectivity index (χ1v) is 8.93. The zero-order valence-electron chi connectivity index (χ0n) is 15.4. The summed E-state index contributed by atoms with van der Waals surface area (Å²) >= 11 is 0. The molecule has 0 saturated heterocycles. The van der Waals surface area contributed by atoms with Crippen LogP contribution >= 0.6 is 0 Å². The number of anilines is 1. The Bertz CT molecular complexity index is 1090. The van der Waals surface area contributed by atoms with E-state index in [0.717, 1.165) is 27.7 Å². The molecule has 2 N–H and O–H groups in total. The summed E-state index contributed by atoms with van der Waals surface area (Å²) in [6.45, 7) is 0. The van der Waals surface area contributed by atoms with Crippen LogP contribution in [0.1, 0.15) is 17.2 Å². The lowest BCUT2D eigenvalue weighted by atomic mass is 9.98. The second kappa shape index (κ2) is 7.44. The number of carboxylic acid groups (broad SMARTS) is 1. The van der Waals surface area contributed by atoms with E-state index in [1.165, 1.54) is 0 Å². The molecular formula is C22H20N4O2. The number of hydrogen-bond donors (Lipinski definition) is 2. The predicted octanol–water partition coefficient (Wildman–Crippen LogP) is 4.29. The normalized spacial score (nSPS) is 11.9. The smallest absolute Gasteiger partial charge is 0.405 e. The summed E-state index contributed by atoms with van der Waals surface area (Å²) in [5.41, 5.74) is 3.85. The van der Waals surface area contributed by atoms with Crippen LogP contribution < -0.4 is 10.3 Å². The van der Waals surface area contributed by atoms with Crippen molar-refractivity contribution in [2.75, 3.05) is 12.1 Å². The molecule has 0 radical (unpaired) electrons. The maximum atomic E-state index is 11.3. The molecule has 1 unspecified atom stereocenters. The molecule has 4 aromatic rings. The predicted molar refractivity (Wildman–Crippen MR) is 109 cm³/mol. The minimum atomic E-state index is -1.05. The van der Waals surface area contributed by atoms with E-state index in [9.17, 15) is 9.90 Å². The number of amides is 1. The summed E-state index contributed by atoms with van der Waals surface area (Å²) < 4.78 is 2.05. The number of aromatic nitrogens is 2. The molecule has 140 valence electrons. The summed E-state index contributed by atoms with van der Waals surface area (Å²) in [6.07, 6.45) is 4.47. The van der Waals surface area contributed by atoms with Gasteiger partial charge in [-0.05, 0) is 41.5 Å². The van der Waals surface area contributed by atoms with Gasteiger partial charge in [-0.1, -0.05) is 36.4 Å². The number of pyridine rings is 1. The van der Waals surface area contributed by atoms with Crippen molar-refractivity contribution in [1.82, 2.24) is 15.0 Å². The maximum Gasteiger partial charge on any atom is 0.405 e. The van der Waals surface area contributed by atoms with Gasteiger partial charge in [0.2, 0.25) is 0 Å². The second-order valence-electron chi connectivity index (χ2n) is 6.50. The molecule has 2 heterocycles. The van der Waals surface area contributed by atoms with Gasteiger partial charge in [0.1, 0.15) is 0 Å². The molecule has 0 saturated carbocycles. The zero-order valence-corrected chi connectivity index (χ0v) is 15.4. The Labute approximate surface area is 162 Å². The molecule has 6 heteroatoms. The lowest BCUT2D eigenvalue weighted by molar-refractivity contribution is 0.191. The molecule has 0 aliphatic rings. The van der Waals surface area contributed by atoms with E-state index < -0.39 is 12.1 Å². The number of nitrogens with one attached hydrogen (secondary N) is 1. The highest BCUT2D eigenvalue weighted by molar-refractivity contribution is 5.82. The van der Waals surface area contributed by atoms with Crippen molar-refractivity contribution < 1.29 is 9.90 Å². The van der Waals surface area contributed by atoms with Crippen LogP contribution in [0.25, 0.3) is 10.9 Å². The van der Waals surface area contributed by atoms with Gasteiger partial charge in [0.25, 0.3) is 0 Å². The molecule has 0 fully saturated rings. The average Bonchev–Trinajstić information content (AvgIpc) is 3.16. The zero-order chi connectivity index (χ0) is 19.5. The molecule has 0 bridgehead atoms. The molecule has 6 nitrogen and oxygen atoms in total. The quantitative estimate of drug-likeness (QED) is 0.548. The van der Waals surface area contributed by atoms with E-state index in [4.69, 9.17) is 0 Å². The molecule has 1 atom stereocenters. The highest BCUT2D eigenvalue weighted by atomic mass is 16.4. The molecule has 0 aliphatic carbocycles. The standard InChI is InChI=1S/C22H20N4O2/c1-25(19-9-12-23-13-10-19)26-14-11-17-15-18(7-8-20(17)26)21(24-22(27)28)16-5-3-2-4-6-16/h2-15,21,24H,1H3,(H,27,28). The fourth-order valence-electron chi connectivity index (χ4n) is 3.40. The van der Waals surface area contributed by atoms with E-state index in [1.807, 2.05) is 85.0 Å². The molecule has 0 aliphatic heterocycles. The third kappa shape index (κ3) is 3.40. The lowest BCUT2D eigenvalue weighted by Crippen LogP contribution is -2.27. The molecule has 4 rings (SSSR count). The molecule has 2 aromatic heterocycles. The van der Waals surface area contributed by atoms with Gasteiger partial charge in [-0.2, -0.15) is 0 Å². The van der Waals surface area contributed by atoms with Gasteiger partial charge in [-0.25, -0.2) is 4.79 Å². The van der Waals surface area contributed by atoms with Crippen LogP contribution in [-0.2, 0) is 0 Å². The third-order valence-corrected chi connectivity index (χ3v) is 4.79. The number of carbonyl (C=O) groups is 1. The van der Waals surface area contributed by atoms with Crippen molar-refractivity contribution in [1.29, 1.82) is 0 Å². The maximum absolute atomic E-state index is 11.3. The Hall–Kier alpha value is -3.80. The van der Waals surface area contributed by atoms with Crippen molar-refractivity contribution >= 4 is 22.7 Å². The Morgan fingerprint density at radius 3 is 2.50 bits per heavy atom. The van der Waals surface area contributed by atoms with E-state index >= 15 is 0 Å². The van der Waals surface area contributed by atoms with Crippen LogP contribution in [0, 0.1) is 0 Å². The number of fused-ring (bicyclic) bond motifs is 1. The monoisotopic (exact) mass is 372 g/mol. The number of hydrogen-bond acceptors (Lipinski definition) is 3. The van der Waals surface area contributed by atoms with Crippen molar-refractivity contribution in [2.24, 2.45) is 0 Å². The van der Waals surface area contributed by atoms with Gasteiger partial charge >= 0.3 is 6.09 Å². The largest absolute Gasteiger partial charge is 0.465 e. The van der Waals surface area contributed by atoms with Crippen molar-refractivity contribution in [3.8, 4) is 0 Å². The molecule has 28 heavy (non-hydrogen) atoms. The van der Waals surface area contributed by atoms with E-state index in [0.29, 0.717) is 0 Å². The highest BCUT2D eigenvalue weighted by Gasteiger charge is 2.17. The Morgan fingerprint density at radius 1 is 1.04 bits per heavy atom. The van der Waals surface area contributed by atoms with Crippen molar-refractivity contribution in [3.63, 3.8) is 0 Å². The molecule has 2 aromatic carbocycles. The SMILES string of the molecule is CN(c1ccncc1)n1ccc2cc(C(NC(=O)O)c3ccccc3)ccc21. The first-order chi connectivity index (χ1) is 13.6. The Kier molecular flexibility index (Phi) is 4.68. The highest BCUT2D eigenvalue weighted by Crippen LogP contribution is 2.27. The van der Waals surface area contributed by atoms with Crippen molar-refractivity contribution in [3.05, 3.63) is 96.4 Å². The van der Waals surface area contributed by atoms with E-state index in [2.05, 4.69) is 15.0 Å². The lowest BCUT2D eigenvalue weighted by Gasteiger charge is -2.22. The van der Waals surface area contributed by atoms with Gasteiger partial charge in [-0.3, -0.25) is 14.7 Å².